The van der Waals surface area contributed by atoms with Gasteiger partial charge in [-0.05, 0) is 53.6 Å². The molecule has 0 atom stereocenters. The fourth-order valence-corrected chi connectivity index (χ4v) is 4.91. The summed E-state index contributed by atoms with van der Waals surface area (Å²) < 4.78 is 24.8. The molecule has 2 fully saturated rings. The van der Waals surface area contributed by atoms with Crippen LogP contribution in [-0.4, -0.2) is 71.9 Å². The van der Waals surface area contributed by atoms with Gasteiger partial charge in [0.1, 0.15) is 17.7 Å². The predicted molar refractivity (Wildman–Crippen MR) is 142 cm³/mol. The summed E-state index contributed by atoms with van der Waals surface area (Å²) in [6.07, 6.45) is 6.25. The van der Waals surface area contributed by atoms with E-state index in [4.69, 9.17) is 9.15 Å². The summed E-state index contributed by atoms with van der Waals surface area (Å²) in [6, 6.07) is 17.8. The van der Waals surface area contributed by atoms with E-state index in [1.54, 1.807) is 30.3 Å². The van der Waals surface area contributed by atoms with Crippen LogP contribution in [0.25, 0.3) is 6.08 Å². The summed E-state index contributed by atoms with van der Waals surface area (Å²) in [6.45, 7) is 4.99. The van der Waals surface area contributed by atoms with E-state index in [-0.39, 0.29) is 23.7 Å². The highest BCUT2D eigenvalue weighted by Crippen LogP contribution is 2.22. The summed E-state index contributed by atoms with van der Waals surface area (Å²) in [5.74, 6) is 0.784. The molecule has 0 spiro atoms. The Kier molecular flexibility index (Phi) is 8.19. The van der Waals surface area contributed by atoms with Crippen LogP contribution in [0, 0.1) is 5.82 Å². The van der Waals surface area contributed by atoms with Crippen LogP contribution in [0.15, 0.2) is 77.4 Å². The van der Waals surface area contributed by atoms with Crippen molar-refractivity contribution in [3.05, 3.63) is 95.7 Å². The molecule has 0 radical (unpaired) electrons. The Hall–Kier alpha value is -3.91. The first-order valence-corrected chi connectivity index (χ1v) is 13.1. The molecule has 7 nitrogen and oxygen atoms in total. The number of carbonyl (C=O) groups excluding carboxylic acids is 2. The van der Waals surface area contributed by atoms with Gasteiger partial charge in [-0.3, -0.25) is 14.5 Å². The van der Waals surface area contributed by atoms with E-state index in [0.717, 1.165) is 38.2 Å². The van der Waals surface area contributed by atoms with Crippen molar-refractivity contribution in [3.8, 4) is 5.75 Å². The van der Waals surface area contributed by atoms with Gasteiger partial charge >= 0.3 is 0 Å². The maximum absolute atomic E-state index is 13.3. The summed E-state index contributed by atoms with van der Waals surface area (Å²) in [5.41, 5.74) is 1.84. The standard InChI is InChI=1S/C30H32FN3O4/c31-25-6-1-4-23(20-25)9-10-29(35)33-13-11-26(12-14-33)38-27-7-2-5-24(21-27)22-32-15-17-34(18-16-32)30(36)28-8-3-19-37-28/h1-10,19-21,26H,11-18,22H2/b10-9+. The first kappa shape index (κ1) is 25.7. The Morgan fingerprint density at radius 1 is 0.921 bits per heavy atom. The zero-order valence-electron chi connectivity index (χ0n) is 21.3. The Bertz CT molecular complexity index is 1260. The van der Waals surface area contributed by atoms with Crippen molar-refractivity contribution < 1.29 is 23.1 Å². The number of rotatable bonds is 7. The number of benzene rings is 2. The molecule has 0 saturated carbocycles. The monoisotopic (exact) mass is 517 g/mol. The number of carbonyl (C=O) groups is 2. The third-order valence-corrected chi connectivity index (χ3v) is 7.02. The molecule has 0 aliphatic carbocycles. The van der Waals surface area contributed by atoms with Gasteiger partial charge in [0.05, 0.1) is 6.26 Å². The molecule has 0 N–H and O–H groups in total. The van der Waals surface area contributed by atoms with Crippen LogP contribution in [0.4, 0.5) is 4.39 Å². The van der Waals surface area contributed by atoms with Gasteiger partial charge in [-0.1, -0.05) is 24.3 Å². The molecule has 2 aliphatic heterocycles. The number of halogens is 1. The second kappa shape index (κ2) is 12.1. The molecule has 2 aliphatic rings. The van der Waals surface area contributed by atoms with E-state index in [9.17, 15) is 14.0 Å². The molecule has 2 amide bonds. The minimum Gasteiger partial charge on any atom is -0.490 e. The number of nitrogens with zero attached hydrogens (tertiary/aromatic N) is 3. The highest BCUT2D eigenvalue weighted by Gasteiger charge is 2.25. The number of piperidine rings is 1. The van der Waals surface area contributed by atoms with Crippen molar-refractivity contribution in [3.63, 3.8) is 0 Å². The van der Waals surface area contributed by atoms with E-state index < -0.39 is 0 Å². The number of piperazine rings is 1. The molecule has 1 aromatic heterocycles. The topological polar surface area (TPSA) is 66.2 Å². The van der Waals surface area contributed by atoms with Gasteiger partial charge in [0, 0.05) is 64.7 Å². The zero-order chi connectivity index (χ0) is 26.3. The first-order valence-electron chi connectivity index (χ1n) is 13.1. The number of ether oxygens (including phenoxy) is 1. The lowest BCUT2D eigenvalue weighted by Gasteiger charge is -2.34. The lowest BCUT2D eigenvalue weighted by atomic mass is 10.1. The molecule has 0 bridgehead atoms. The second-order valence-electron chi connectivity index (χ2n) is 9.72. The molecule has 198 valence electrons. The average molecular weight is 518 g/mol. The van der Waals surface area contributed by atoms with Crippen molar-refractivity contribution >= 4 is 17.9 Å². The average Bonchev–Trinajstić information content (AvgIpc) is 3.48. The summed E-state index contributed by atoms with van der Waals surface area (Å²) in [5, 5.41) is 0. The van der Waals surface area contributed by atoms with Gasteiger partial charge in [0.15, 0.2) is 5.76 Å². The highest BCUT2D eigenvalue weighted by molar-refractivity contribution is 5.92. The smallest absolute Gasteiger partial charge is 0.289 e. The summed E-state index contributed by atoms with van der Waals surface area (Å²) in [7, 11) is 0. The van der Waals surface area contributed by atoms with Crippen LogP contribution in [0.3, 0.4) is 0 Å². The van der Waals surface area contributed by atoms with Crippen molar-refractivity contribution in [2.75, 3.05) is 39.3 Å². The Labute approximate surface area is 222 Å². The molecule has 0 unspecified atom stereocenters. The fourth-order valence-electron chi connectivity index (χ4n) is 4.91. The van der Waals surface area contributed by atoms with E-state index in [1.165, 1.54) is 30.0 Å². The summed E-state index contributed by atoms with van der Waals surface area (Å²) >= 11 is 0. The number of likely N-dealkylation sites (tertiary alicyclic amines) is 1. The van der Waals surface area contributed by atoms with Crippen LogP contribution >= 0.6 is 0 Å². The molecular weight excluding hydrogens is 485 g/mol. The maximum Gasteiger partial charge on any atom is 0.289 e. The SMILES string of the molecule is O=C(/C=C/c1cccc(F)c1)N1CCC(Oc2cccc(CN3CCN(C(=O)c4ccco4)CC3)c2)CC1. The second-order valence-corrected chi connectivity index (χ2v) is 9.72. The molecule has 5 rings (SSSR count). The van der Waals surface area contributed by atoms with Crippen LogP contribution in [0.5, 0.6) is 5.75 Å². The summed E-state index contributed by atoms with van der Waals surface area (Å²) in [4.78, 5) is 31.0. The van der Waals surface area contributed by atoms with Gasteiger partial charge < -0.3 is 19.0 Å². The molecule has 38 heavy (non-hydrogen) atoms. The molecule has 2 saturated heterocycles. The normalized spacial score (nSPS) is 17.2. The van der Waals surface area contributed by atoms with Gasteiger partial charge in [-0.15, -0.1) is 0 Å². The largest absolute Gasteiger partial charge is 0.490 e. The van der Waals surface area contributed by atoms with E-state index >= 15 is 0 Å². The Morgan fingerprint density at radius 3 is 2.45 bits per heavy atom. The number of hydrogen-bond acceptors (Lipinski definition) is 5. The molecule has 2 aromatic carbocycles. The van der Waals surface area contributed by atoms with Crippen LogP contribution < -0.4 is 4.74 Å². The van der Waals surface area contributed by atoms with Crippen molar-refractivity contribution in [1.82, 2.24) is 14.7 Å². The number of amides is 2. The van der Waals surface area contributed by atoms with Crippen LogP contribution in [-0.2, 0) is 11.3 Å². The molecule has 3 heterocycles. The van der Waals surface area contributed by atoms with Gasteiger partial charge in [-0.2, -0.15) is 0 Å². The maximum atomic E-state index is 13.3. The van der Waals surface area contributed by atoms with E-state index in [1.807, 2.05) is 21.9 Å². The van der Waals surface area contributed by atoms with Crippen molar-refractivity contribution in [2.45, 2.75) is 25.5 Å². The quantitative estimate of drug-likeness (QED) is 0.433. The third-order valence-electron chi connectivity index (χ3n) is 7.02. The first-order chi connectivity index (χ1) is 18.5. The van der Waals surface area contributed by atoms with Crippen molar-refractivity contribution in [2.24, 2.45) is 0 Å². The predicted octanol–water partition coefficient (Wildman–Crippen LogP) is 4.46. The van der Waals surface area contributed by atoms with Crippen LogP contribution in [0.1, 0.15) is 34.5 Å². The molecular formula is C30H32FN3O4. The molecule has 3 aromatic rings. The van der Waals surface area contributed by atoms with Crippen molar-refractivity contribution in [1.29, 1.82) is 0 Å². The Balaban J connectivity index is 1.06. The van der Waals surface area contributed by atoms with E-state index in [0.29, 0.717) is 37.5 Å². The lowest BCUT2D eigenvalue weighted by Crippen LogP contribution is -2.48. The lowest BCUT2D eigenvalue weighted by molar-refractivity contribution is -0.127. The third kappa shape index (κ3) is 6.69. The van der Waals surface area contributed by atoms with Crippen LogP contribution in [0.2, 0.25) is 0 Å². The van der Waals surface area contributed by atoms with Gasteiger partial charge in [0.25, 0.3) is 5.91 Å². The molecule has 8 heteroatoms. The number of furan rings is 1. The minimum absolute atomic E-state index is 0.0534. The fraction of sp³-hybridized carbons (Fsp3) is 0.333. The van der Waals surface area contributed by atoms with Gasteiger partial charge in [0.2, 0.25) is 5.91 Å². The van der Waals surface area contributed by atoms with Gasteiger partial charge in [-0.25, -0.2) is 4.39 Å². The number of hydrogen-bond donors (Lipinski definition) is 0. The highest BCUT2D eigenvalue weighted by atomic mass is 19.1. The Morgan fingerprint density at radius 2 is 1.71 bits per heavy atom. The zero-order valence-corrected chi connectivity index (χ0v) is 21.3. The van der Waals surface area contributed by atoms with E-state index in [2.05, 4.69) is 17.0 Å². The minimum atomic E-state index is -0.318.